The molecule has 1 saturated heterocycles. The first-order valence-corrected chi connectivity index (χ1v) is 14.3. The lowest BCUT2D eigenvalue weighted by Gasteiger charge is -2.15. The molecule has 1 aliphatic heterocycles. The number of rotatable bonds is 11. The molecule has 0 aliphatic carbocycles. The summed E-state index contributed by atoms with van der Waals surface area (Å²) >= 11 is 1.57. The Labute approximate surface area is 209 Å². The highest BCUT2D eigenvalue weighted by molar-refractivity contribution is 7.99. The molecule has 188 valence electrons. The Kier molecular flexibility index (Phi) is 8.24. The summed E-state index contributed by atoms with van der Waals surface area (Å²) < 4.78 is 28.6. The maximum atomic E-state index is 12.7. The van der Waals surface area contributed by atoms with Crippen molar-refractivity contribution in [1.29, 1.82) is 0 Å². The summed E-state index contributed by atoms with van der Waals surface area (Å²) in [6.07, 6.45) is 4.49. The van der Waals surface area contributed by atoms with E-state index < -0.39 is 10.0 Å². The maximum Gasteiger partial charge on any atom is 0.251 e. The Morgan fingerprint density at radius 2 is 1.83 bits per heavy atom. The molecule has 1 fully saturated rings. The number of sulfonamides is 1. The van der Waals surface area contributed by atoms with Gasteiger partial charge in [0.2, 0.25) is 10.0 Å². The normalized spacial score (nSPS) is 14.5. The minimum Gasteiger partial charge on any atom is -0.369 e. The number of hydrogen-bond acceptors (Lipinski definition) is 8. The van der Waals surface area contributed by atoms with Gasteiger partial charge in [0.1, 0.15) is 5.82 Å². The van der Waals surface area contributed by atoms with Crippen LogP contribution in [0.25, 0.3) is 11.0 Å². The molecule has 1 amide bonds. The average molecular weight is 518 g/mol. The number of nitrogens with zero attached hydrogens (tertiary/aromatic N) is 5. The van der Waals surface area contributed by atoms with Gasteiger partial charge in [0.15, 0.2) is 10.8 Å². The SMILES string of the molecule is CCCNc1nc(SCC)nc2c1cnn2CCNC(=O)c1ccc(S(=O)(=O)N2CCCC2)cc1. The molecule has 2 aromatic heterocycles. The van der Waals surface area contributed by atoms with Gasteiger partial charge < -0.3 is 10.6 Å². The number of hydrogen-bond donors (Lipinski definition) is 2. The zero-order chi connectivity index (χ0) is 24.8. The number of nitrogens with one attached hydrogen (secondary N) is 2. The Morgan fingerprint density at radius 3 is 2.51 bits per heavy atom. The van der Waals surface area contributed by atoms with Crippen LogP contribution in [0.5, 0.6) is 0 Å². The van der Waals surface area contributed by atoms with Crippen molar-refractivity contribution in [2.24, 2.45) is 0 Å². The molecule has 3 heterocycles. The van der Waals surface area contributed by atoms with Gasteiger partial charge in [-0.1, -0.05) is 25.6 Å². The number of carbonyl (C=O) groups is 1. The number of carbonyl (C=O) groups excluding carboxylic acids is 1. The van der Waals surface area contributed by atoms with Crippen LogP contribution in [0.2, 0.25) is 0 Å². The highest BCUT2D eigenvalue weighted by Gasteiger charge is 2.27. The van der Waals surface area contributed by atoms with E-state index in [2.05, 4.69) is 39.5 Å². The van der Waals surface area contributed by atoms with Crippen LogP contribution in [0.1, 0.15) is 43.5 Å². The molecule has 35 heavy (non-hydrogen) atoms. The lowest BCUT2D eigenvalue weighted by Crippen LogP contribution is -2.29. The third kappa shape index (κ3) is 5.76. The molecule has 12 heteroatoms. The molecule has 0 spiro atoms. The third-order valence-electron chi connectivity index (χ3n) is 5.72. The molecular formula is C23H31N7O3S2. The number of aromatic nitrogens is 4. The van der Waals surface area contributed by atoms with E-state index in [1.54, 1.807) is 34.8 Å². The van der Waals surface area contributed by atoms with Crippen LogP contribution in [0.4, 0.5) is 5.82 Å². The van der Waals surface area contributed by atoms with Crippen LogP contribution >= 0.6 is 11.8 Å². The molecule has 0 saturated carbocycles. The van der Waals surface area contributed by atoms with Crippen molar-refractivity contribution in [3.63, 3.8) is 0 Å². The van der Waals surface area contributed by atoms with Crippen LogP contribution in [0.15, 0.2) is 40.5 Å². The molecule has 0 atom stereocenters. The summed E-state index contributed by atoms with van der Waals surface area (Å²) in [4.78, 5) is 22.1. The highest BCUT2D eigenvalue weighted by Crippen LogP contribution is 2.24. The second-order valence-corrected chi connectivity index (χ2v) is 11.4. The summed E-state index contributed by atoms with van der Waals surface area (Å²) in [7, 11) is -3.49. The van der Waals surface area contributed by atoms with Gasteiger partial charge in [-0.05, 0) is 49.3 Å². The van der Waals surface area contributed by atoms with E-state index in [4.69, 9.17) is 0 Å². The van der Waals surface area contributed by atoms with Crippen molar-refractivity contribution in [3.05, 3.63) is 36.0 Å². The Balaban J connectivity index is 1.41. The van der Waals surface area contributed by atoms with E-state index in [0.29, 0.717) is 36.9 Å². The summed E-state index contributed by atoms with van der Waals surface area (Å²) in [5.41, 5.74) is 1.13. The fourth-order valence-electron chi connectivity index (χ4n) is 3.90. The standard InChI is InChI=1S/C23H31N7O3S2/c1-3-11-24-20-19-16-26-30(21(19)28-23(27-20)34-4-2)15-12-25-22(31)17-7-9-18(10-8-17)35(32,33)29-13-5-6-14-29/h7-10,16H,3-6,11-15H2,1-2H3,(H,25,31)(H,24,27,28). The Morgan fingerprint density at radius 1 is 1.09 bits per heavy atom. The van der Waals surface area contributed by atoms with Gasteiger partial charge in [0.25, 0.3) is 5.91 Å². The minimum absolute atomic E-state index is 0.215. The molecule has 4 rings (SSSR count). The molecule has 3 aromatic rings. The minimum atomic E-state index is -3.49. The average Bonchev–Trinajstić information content (AvgIpc) is 3.54. The van der Waals surface area contributed by atoms with Crippen molar-refractivity contribution in [2.45, 2.75) is 49.7 Å². The zero-order valence-electron chi connectivity index (χ0n) is 20.0. The molecule has 1 aliphatic rings. The molecule has 10 nitrogen and oxygen atoms in total. The quantitative estimate of drug-likeness (QED) is 0.294. The van der Waals surface area contributed by atoms with Gasteiger partial charge in [0.05, 0.1) is 23.0 Å². The summed E-state index contributed by atoms with van der Waals surface area (Å²) in [5.74, 6) is 1.36. The first-order valence-electron chi connectivity index (χ1n) is 11.9. The van der Waals surface area contributed by atoms with Crippen molar-refractivity contribution >= 4 is 44.5 Å². The van der Waals surface area contributed by atoms with Crippen molar-refractivity contribution in [2.75, 3.05) is 37.2 Å². The molecule has 0 unspecified atom stereocenters. The van der Waals surface area contributed by atoms with Crippen LogP contribution in [-0.4, -0.2) is 70.3 Å². The zero-order valence-corrected chi connectivity index (χ0v) is 21.7. The lowest BCUT2D eigenvalue weighted by molar-refractivity contribution is 0.0952. The van der Waals surface area contributed by atoms with E-state index in [-0.39, 0.29) is 10.8 Å². The topological polar surface area (TPSA) is 122 Å². The second-order valence-electron chi connectivity index (χ2n) is 8.21. The van der Waals surface area contributed by atoms with E-state index in [9.17, 15) is 13.2 Å². The summed E-state index contributed by atoms with van der Waals surface area (Å²) in [6.45, 7) is 6.84. The smallest absolute Gasteiger partial charge is 0.251 e. The molecule has 0 radical (unpaired) electrons. The van der Waals surface area contributed by atoms with E-state index in [1.807, 2.05) is 0 Å². The van der Waals surface area contributed by atoms with Crippen LogP contribution in [0, 0.1) is 0 Å². The van der Waals surface area contributed by atoms with Gasteiger partial charge in [-0.25, -0.2) is 23.1 Å². The number of thioether (sulfide) groups is 1. The molecule has 0 bridgehead atoms. The van der Waals surface area contributed by atoms with Crippen molar-refractivity contribution in [1.82, 2.24) is 29.4 Å². The monoisotopic (exact) mass is 517 g/mol. The van der Waals surface area contributed by atoms with Gasteiger partial charge in [0, 0.05) is 31.7 Å². The first kappa shape index (κ1) is 25.4. The predicted octanol–water partition coefficient (Wildman–Crippen LogP) is 2.97. The van der Waals surface area contributed by atoms with E-state index in [0.717, 1.165) is 48.4 Å². The number of benzene rings is 1. The fraction of sp³-hybridized carbons (Fsp3) is 0.478. The maximum absolute atomic E-state index is 12.7. The highest BCUT2D eigenvalue weighted by atomic mass is 32.2. The predicted molar refractivity (Wildman–Crippen MR) is 137 cm³/mol. The van der Waals surface area contributed by atoms with E-state index in [1.165, 1.54) is 16.4 Å². The summed E-state index contributed by atoms with van der Waals surface area (Å²) in [5, 5.41) is 12.2. The van der Waals surface area contributed by atoms with Gasteiger partial charge in [-0.2, -0.15) is 9.40 Å². The van der Waals surface area contributed by atoms with Gasteiger partial charge in [-0.15, -0.1) is 0 Å². The number of anilines is 1. The second kappa shape index (κ2) is 11.4. The van der Waals surface area contributed by atoms with E-state index >= 15 is 0 Å². The van der Waals surface area contributed by atoms with Gasteiger partial charge in [-0.3, -0.25) is 4.79 Å². The number of fused-ring (bicyclic) bond motifs is 1. The fourth-order valence-corrected chi connectivity index (χ4v) is 5.99. The molecule has 1 aromatic carbocycles. The van der Waals surface area contributed by atoms with Crippen molar-refractivity contribution in [3.8, 4) is 0 Å². The lowest BCUT2D eigenvalue weighted by atomic mass is 10.2. The molecule has 2 N–H and O–H groups in total. The van der Waals surface area contributed by atoms with Crippen molar-refractivity contribution < 1.29 is 13.2 Å². The summed E-state index contributed by atoms with van der Waals surface area (Å²) in [6, 6.07) is 6.10. The Hall–Kier alpha value is -2.70. The molecular weight excluding hydrogens is 486 g/mol. The Bertz CT molecular complexity index is 1270. The van der Waals surface area contributed by atoms with Crippen LogP contribution in [-0.2, 0) is 16.6 Å². The third-order valence-corrected chi connectivity index (χ3v) is 8.36. The first-order chi connectivity index (χ1) is 16.9. The largest absolute Gasteiger partial charge is 0.369 e. The van der Waals surface area contributed by atoms with Crippen LogP contribution < -0.4 is 10.6 Å². The van der Waals surface area contributed by atoms with Gasteiger partial charge >= 0.3 is 0 Å². The number of amides is 1. The van der Waals surface area contributed by atoms with Crippen LogP contribution in [0.3, 0.4) is 0 Å².